The van der Waals surface area contributed by atoms with Gasteiger partial charge in [-0.2, -0.15) is 18.3 Å². The third kappa shape index (κ3) is 3.86. The molecule has 0 saturated heterocycles. The topological polar surface area (TPSA) is 106 Å². The molecule has 0 aliphatic carbocycles. The second-order valence-electron chi connectivity index (χ2n) is 7.08. The number of alkyl halides is 3. The number of hydrogen-bond acceptors (Lipinski definition) is 6. The Balaban J connectivity index is 1.94. The average molecular weight is 444 g/mol. The fourth-order valence-electron chi connectivity index (χ4n) is 3.39. The maximum Gasteiger partial charge on any atom is 0.417 e. The van der Waals surface area contributed by atoms with Crippen LogP contribution in [0.25, 0.3) is 33.9 Å². The predicted molar refractivity (Wildman–Crippen MR) is 112 cm³/mol. The van der Waals surface area contributed by atoms with Crippen molar-refractivity contribution in [3.63, 3.8) is 0 Å². The largest absolute Gasteiger partial charge is 0.417 e. The molecule has 0 aromatic carbocycles. The normalized spacial score (nSPS) is 11.7. The average Bonchev–Trinajstić information content (AvgIpc) is 3.32. The molecule has 9 nitrogen and oxygen atoms in total. The summed E-state index contributed by atoms with van der Waals surface area (Å²) in [6.45, 7) is 2.39. The van der Waals surface area contributed by atoms with E-state index < -0.39 is 17.3 Å². The fraction of sp³-hybridized carbons (Fsp3) is 0.250. The summed E-state index contributed by atoms with van der Waals surface area (Å²) < 4.78 is 43.1. The Morgan fingerprint density at radius 2 is 1.94 bits per heavy atom. The number of halogens is 3. The van der Waals surface area contributed by atoms with Gasteiger partial charge in [-0.05, 0) is 25.1 Å². The Labute approximate surface area is 180 Å². The SMILES string of the molecule is CCNc1cc(-c2c(-c3nncn3C)cnn2C)cc(-c2cc(C(F)(F)F)c[nH]c2=O)n1. The van der Waals surface area contributed by atoms with Crippen LogP contribution in [0.1, 0.15) is 12.5 Å². The van der Waals surface area contributed by atoms with E-state index in [-0.39, 0.29) is 11.3 Å². The zero-order chi connectivity index (χ0) is 23.0. The first-order valence-electron chi connectivity index (χ1n) is 9.62. The molecule has 12 heteroatoms. The van der Waals surface area contributed by atoms with Gasteiger partial charge >= 0.3 is 6.18 Å². The number of nitrogens with zero attached hydrogens (tertiary/aromatic N) is 6. The minimum absolute atomic E-state index is 0.0934. The highest BCUT2D eigenvalue weighted by molar-refractivity contribution is 5.81. The zero-order valence-electron chi connectivity index (χ0n) is 17.4. The quantitative estimate of drug-likeness (QED) is 0.490. The molecule has 2 N–H and O–H groups in total. The summed E-state index contributed by atoms with van der Waals surface area (Å²) in [5.74, 6) is 0.968. The molecule has 0 aliphatic rings. The van der Waals surface area contributed by atoms with Crippen molar-refractivity contribution in [2.24, 2.45) is 14.1 Å². The number of hydrogen-bond donors (Lipinski definition) is 2. The Morgan fingerprint density at radius 3 is 2.59 bits per heavy atom. The van der Waals surface area contributed by atoms with Gasteiger partial charge < -0.3 is 14.9 Å². The van der Waals surface area contributed by atoms with Crippen LogP contribution >= 0.6 is 0 Å². The molecule has 0 radical (unpaired) electrons. The van der Waals surface area contributed by atoms with Gasteiger partial charge in [0.25, 0.3) is 5.56 Å². The number of H-pyrrole nitrogens is 1. The highest BCUT2D eigenvalue weighted by Gasteiger charge is 2.31. The molecular weight excluding hydrogens is 425 g/mol. The molecule has 166 valence electrons. The van der Waals surface area contributed by atoms with Gasteiger partial charge in [0.2, 0.25) is 0 Å². The molecule has 0 fully saturated rings. The number of aryl methyl sites for hydroxylation is 2. The first-order valence-corrected chi connectivity index (χ1v) is 9.62. The Morgan fingerprint density at radius 1 is 1.16 bits per heavy atom. The molecule has 4 aromatic heterocycles. The minimum atomic E-state index is -4.61. The number of pyridine rings is 2. The summed E-state index contributed by atoms with van der Waals surface area (Å²) >= 11 is 0. The fourth-order valence-corrected chi connectivity index (χ4v) is 3.39. The van der Waals surface area contributed by atoms with Crippen molar-refractivity contribution in [1.82, 2.24) is 34.5 Å². The molecule has 0 unspecified atom stereocenters. The third-order valence-corrected chi connectivity index (χ3v) is 4.85. The van der Waals surface area contributed by atoms with E-state index in [1.165, 1.54) is 0 Å². The van der Waals surface area contributed by atoms with Crippen molar-refractivity contribution >= 4 is 5.82 Å². The van der Waals surface area contributed by atoms with Crippen molar-refractivity contribution in [2.45, 2.75) is 13.1 Å². The number of aromatic nitrogens is 7. The lowest BCUT2D eigenvalue weighted by Crippen LogP contribution is -2.15. The summed E-state index contributed by atoms with van der Waals surface area (Å²) in [6, 6.07) is 4.10. The van der Waals surface area contributed by atoms with Crippen LogP contribution in [0.3, 0.4) is 0 Å². The van der Waals surface area contributed by atoms with Crippen molar-refractivity contribution in [3.05, 3.63) is 52.8 Å². The zero-order valence-corrected chi connectivity index (χ0v) is 17.4. The van der Waals surface area contributed by atoms with Crippen molar-refractivity contribution in [2.75, 3.05) is 11.9 Å². The summed E-state index contributed by atoms with van der Waals surface area (Å²) in [5.41, 5.74) is 0.172. The second kappa shape index (κ2) is 7.94. The highest BCUT2D eigenvalue weighted by atomic mass is 19.4. The number of rotatable bonds is 5. The van der Waals surface area contributed by atoms with Crippen LogP contribution in [0.4, 0.5) is 19.0 Å². The van der Waals surface area contributed by atoms with E-state index in [9.17, 15) is 18.0 Å². The van der Waals surface area contributed by atoms with E-state index in [2.05, 4.69) is 30.6 Å². The summed E-state index contributed by atoms with van der Waals surface area (Å²) in [4.78, 5) is 18.9. The van der Waals surface area contributed by atoms with Crippen LogP contribution < -0.4 is 10.9 Å². The van der Waals surface area contributed by atoms with Crippen LogP contribution in [0, 0.1) is 0 Å². The first-order chi connectivity index (χ1) is 15.2. The summed E-state index contributed by atoms with van der Waals surface area (Å²) in [5, 5.41) is 15.4. The van der Waals surface area contributed by atoms with Crippen molar-refractivity contribution in [1.29, 1.82) is 0 Å². The lowest BCUT2D eigenvalue weighted by atomic mass is 10.0. The maximum absolute atomic E-state index is 13.2. The van der Waals surface area contributed by atoms with E-state index in [0.29, 0.717) is 41.2 Å². The van der Waals surface area contributed by atoms with E-state index in [0.717, 1.165) is 6.07 Å². The van der Waals surface area contributed by atoms with Crippen LogP contribution in [0.15, 0.2) is 41.7 Å². The summed E-state index contributed by atoms with van der Waals surface area (Å²) in [7, 11) is 3.52. The standard InChI is InChI=1S/C20H19F3N8O/c1-4-24-16-6-11(17-14(9-27-31(17)3)18-29-26-10-30(18)2)5-15(28-16)13-7-12(20(21,22)23)8-25-19(13)32/h5-10H,4H2,1-3H3,(H,24,28)(H,25,32). The second-order valence-corrected chi connectivity index (χ2v) is 7.08. The first kappa shape index (κ1) is 21.3. The van der Waals surface area contributed by atoms with Crippen molar-refractivity contribution < 1.29 is 13.2 Å². The van der Waals surface area contributed by atoms with Crippen LogP contribution in [-0.2, 0) is 20.3 Å². The van der Waals surface area contributed by atoms with Gasteiger partial charge in [-0.25, -0.2) is 4.98 Å². The summed E-state index contributed by atoms with van der Waals surface area (Å²) in [6.07, 6.45) is -0.782. The number of anilines is 1. The smallest absolute Gasteiger partial charge is 0.370 e. The highest BCUT2D eigenvalue weighted by Crippen LogP contribution is 2.34. The van der Waals surface area contributed by atoms with E-state index in [1.54, 1.807) is 48.0 Å². The molecule has 0 bridgehead atoms. The molecule has 0 atom stereocenters. The molecular formula is C20H19F3N8O. The monoisotopic (exact) mass is 444 g/mol. The van der Waals surface area contributed by atoms with E-state index in [1.807, 2.05) is 6.92 Å². The lowest BCUT2D eigenvalue weighted by Gasteiger charge is -2.13. The van der Waals surface area contributed by atoms with Gasteiger partial charge in [-0.1, -0.05) is 0 Å². The lowest BCUT2D eigenvalue weighted by molar-refractivity contribution is -0.137. The molecule has 0 spiro atoms. The van der Waals surface area contributed by atoms with Gasteiger partial charge in [-0.3, -0.25) is 9.48 Å². The van der Waals surface area contributed by atoms with Gasteiger partial charge in [0.1, 0.15) is 12.1 Å². The Kier molecular flexibility index (Phi) is 5.28. The van der Waals surface area contributed by atoms with E-state index >= 15 is 0 Å². The Hall–Kier alpha value is -3.96. The van der Waals surface area contributed by atoms with Gasteiger partial charge in [-0.15, -0.1) is 10.2 Å². The molecule has 4 heterocycles. The molecule has 0 amide bonds. The van der Waals surface area contributed by atoms with Crippen LogP contribution in [0.2, 0.25) is 0 Å². The molecule has 0 aliphatic heterocycles. The van der Waals surface area contributed by atoms with E-state index in [4.69, 9.17) is 0 Å². The van der Waals surface area contributed by atoms with Gasteiger partial charge in [0.05, 0.1) is 34.3 Å². The molecule has 4 aromatic rings. The number of nitrogens with one attached hydrogen (secondary N) is 2. The van der Waals surface area contributed by atoms with Crippen molar-refractivity contribution in [3.8, 4) is 33.9 Å². The van der Waals surface area contributed by atoms with Crippen LogP contribution in [-0.4, -0.2) is 41.1 Å². The number of aromatic amines is 1. The van der Waals surface area contributed by atoms with Gasteiger partial charge in [0.15, 0.2) is 5.82 Å². The molecule has 4 rings (SSSR count). The third-order valence-electron chi connectivity index (χ3n) is 4.85. The molecule has 32 heavy (non-hydrogen) atoms. The predicted octanol–water partition coefficient (Wildman–Crippen LogP) is 3.08. The maximum atomic E-state index is 13.2. The Bertz CT molecular complexity index is 1340. The van der Waals surface area contributed by atoms with Crippen LogP contribution in [0.5, 0.6) is 0 Å². The molecule has 0 saturated carbocycles. The van der Waals surface area contributed by atoms with Gasteiger partial charge in [0, 0.05) is 32.4 Å². The minimum Gasteiger partial charge on any atom is -0.370 e.